The molecule has 178 valence electrons. The Kier molecular flexibility index (Phi) is 6.37. The van der Waals surface area contributed by atoms with Crippen LogP contribution in [0.2, 0.25) is 0 Å². The van der Waals surface area contributed by atoms with Crippen molar-refractivity contribution < 1.29 is 23.9 Å². The summed E-state index contributed by atoms with van der Waals surface area (Å²) < 4.78 is 4.78. The average Bonchev–Trinajstić information content (AvgIpc) is 3.11. The fourth-order valence-electron chi connectivity index (χ4n) is 4.31. The lowest BCUT2D eigenvalue weighted by Crippen LogP contribution is -2.85. The van der Waals surface area contributed by atoms with Crippen LogP contribution in [0.25, 0.3) is 0 Å². The average molecular weight is 483 g/mol. The summed E-state index contributed by atoms with van der Waals surface area (Å²) in [5.41, 5.74) is 5.77. The smallest absolute Gasteiger partial charge is 0.330 e. The van der Waals surface area contributed by atoms with Crippen LogP contribution in [0, 0.1) is 0 Å². The molecule has 9 nitrogen and oxygen atoms in total. The zero-order valence-corrected chi connectivity index (χ0v) is 19.6. The van der Waals surface area contributed by atoms with Crippen molar-refractivity contribution in [2.45, 2.75) is 48.3 Å². The summed E-state index contributed by atoms with van der Waals surface area (Å²) in [5, 5.41) is 4.40. The van der Waals surface area contributed by atoms with Crippen LogP contribution in [0.15, 0.2) is 60.7 Å². The first kappa shape index (κ1) is 23.8. The molecule has 0 aliphatic carbocycles. The van der Waals surface area contributed by atoms with E-state index in [0.29, 0.717) is 12.0 Å². The second-order valence-electron chi connectivity index (χ2n) is 8.73. The zero-order valence-electron chi connectivity index (χ0n) is 18.8. The first-order valence-corrected chi connectivity index (χ1v) is 11.6. The van der Waals surface area contributed by atoms with E-state index in [1.165, 1.54) is 16.7 Å². The van der Waals surface area contributed by atoms with E-state index in [0.717, 1.165) is 5.56 Å². The molecule has 1 unspecified atom stereocenters. The second-order valence-corrected chi connectivity index (χ2v) is 10.5. The Balaban J connectivity index is 1.53. The molecule has 4 N–H and O–H groups in total. The molecule has 2 saturated heterocycles. The van der Waals surface area contributed by atoms with Crippen molar-refractivity contribution in [3.05, 3.63) is 71.8 Å². The zero-order chi connectivity index (χ0) is 24.5. The minimum Gasteiger partial charge on any atom is -0.459 e. The molecule has 4 atom stereocenters. The van der Waals surface area contributed by atoms with Gasteiger partial charge in [0.25, 0.3) is 5.91 Å². The number of thioether (sulfide) groups is 1. The van der Waals surface area contributed by atoms with E-state index in [1.54, 1.807) is 30.3 Å². The largest absolute Gasteiger partial charge is 0.459 e. The number of carbonyl (C=O) groups excluding carboxylic acids is 4. The highest BCUT2D eigenvalue weighted by atomic mass is 32.2. The number of ether oxygens (including phenoxy) is 1. The predicted octanol–water partition coefficient (Wildman–Crippen LogP) is 1.05. The van der Waals surface area contributed by atoms with Crippen molar-refractivity contribution in [3.8, 4) is 0 Å². The molecular weight excluding hydrogens is 456 g/mol. The van der Waals surface area contributed by atoms with E-state index in [-0.39, 0.29) is 6.61 Å². The molecule has 2 aliphatic rings. The molecule has 2 fully saturated rings. The molecule has 10 heteroatoms. The van der Waals surface area contributed by atoms with Crippen LogP contribution >= 0.6 is 11.8 Å². The van der Waals surface area contributed by atoms with Crippen molar-refractivity contribution in [2.75, 3.05) is 0 Å². The SMILES string of the molecule is CC1(C)S[C@H]2N(C(=O)[C@@]2(NC=O)NC(=O)C(N)c2ccccc2)[C@H]1C(=O)OCc1ccccc1. The van der Waals surface area contributed by atoms with E-state index in [9.17, 15) is 19.2 Å². The normalized spacial score (nSPS) is 25.5. The molecule has 2 aliphatic heterocycles. The maximum atomic E-state index is 13.4. The minimum atomic E-state index is -1.71. The van der Waals surface area contributed by atoms with Crippen LogP contribution in [-0.2, 0) is 30.5 Å². The van der Waals surface area contributed by atoms with Crippen molar-refractivity contribution in [2.24, 2.45) is 5.73 Å². The van der Waals surface area contributed by atoms with E-state index >= 15 is 0 Å². The molecule has 0 spiro atoms. The number of hydrogen-bond donors (Lipinski definition) is 3. The van der Waals surface area contributed by atoms with E-state index in [2.05, 4.69) is 10.6 Å². The highest BCUT2D eigenvalue weighted by molar-refractivity contribution is 8.01. The Morgan fingerprint density at radius 3 is 2.38 bits per heavy atom. The standard InChI is InChI=1S/C24H26N4O5S/c1-23(2)18(20(31)33-13-15-9-5-3-6-10-15)28-21(32)24(26-14-29,22(28)34-23)27-19(30)17(25)16-11-7-4-8-12-16/h3-12,14,17-18,22H,13,25H2,1-2H3,(H,26,29)(H,27,30)/t17?,18-,22+,24+/m0/s1. The number of nitrogens with two attached hydrogens (primary N) is 1. The number of benzene rings is 2. The first-order valence-electron chi connectivity index (χ1n) is 10.8. The summed E-state index contributed by atoms with van der Waals surface area (Å²) in [6.07, 6.45) is 0.359. The fourth-order valence-corrected chi connectivity index (χ4v) is 5.96. The summed E-state index contributed by atoms with van der Waals surface area (Å²) >= 11 is 1.30. The Morgan fingerprint density at radius 2 is 1.76 bits per heavy atom. The lowest BCUT2D eigenvalue weighted by molar-refractivity contribution is -0.174. The number of amides is 3. The van der Waals surface area contributed by atoms with Gasteiger partial charge < -0.3 is 26.0 Å². The highest BCUT2D eigenvalue weighted by Crippen LogP contribution is 2.54. The summed E-state index contributed by atoms with van der Waals surface area (Å²) in [6.45, 7) is 3.71. The van der Waals surface area contributed by atoms with E-state index in [1.807, 2.05) is 44.2 Å². The predicted molar refractivity (Wildman–Crippen MR) is 126 cm³/mol. The molecule has 2 heterocycles. The monoisotopic (exact) mass is 482 g/mol. The minimum absolute atomic E-state index is 0.0734. The molecule has 0 bridgehead atoms. The molecular formula is C24H26N4O5S. The van der Waals surface area contributed by atoms with Crippen LogP contribution in [0.3, 0.4) is 0 Å². The molecule has 3 amide bonds. The topological polar surface area (TPSA) is 131 Å². The van der Waals surface area contributed by atoms with Gasteiger partial charge in [0, 0.05) is 4.75 Å². The molecule has 34 heavy (non-hydrogen) atoms. The second kappa shape index (κ2) is 9.11. The molecule has 0 aromatic heterocycles. The number of hydrogen-bond acceptors (Lipinski definition) is 7. The van der Waals surface area contributed by atoms with Gasteiger partial charge in [0.15, 0.2) is 0 Å². The molecule has 2 aromatic rings. The van der Waals surface area contributed by atoms with Gasteiger partial charge in [0.2, 0.25) is 18.0 Å². The van der Waals surface area contributed by atoms with Gasteiger partial charge in [-0.2, -0.15) is 0 Å². The third kappa shape index (κ3) is 4.03. The molecule has 4 rings (SSSR count). The van der Waals surface area contributed by atoms with Gasteiger partial charge in [-0.1, -0.05) is 60.7 Å². The van der Waals surface area contributed by atoms with Gasteiger partial charge in [0.1, 0.15) is 24.1 Å². The van der Waals surface area contributed by atoms with Crippen LogP contribution in [0.1, 0.15) is 31.0 Å². The van der Waals surface area contributed by atoms with Crippen LogP contribution in [-0.4, -0.2) is 50.9 Å². The van der Waals surface area contributed by atoms with Gasteiger partial charge in [-0.25, -0.2) is 4.79 Å². The molecule has 0 saturated carbocycles. The van der Waals surface area contributed by atoms with Gasteiger partial charge in [-0.15, -0.1) is 11.8 Å². The summed E-state index contributed by atoms with van der Waals surface area (Å²) in [6, 6.07) is 16.0. The van der Waals surface area contributed by atoms with Crippen LogP contribution in [0.4, 0.5) is 0 Å². The number of nitrogens with zero attached hydrogens (tertiary/aromatic N) is 1. The number of nitrogens with one attached hydrogen (secondary N) is 2. The summed E-state index contributed by atoms with van der Waals surface area (Å²) in [7, 11) is 0. The van der Waals surface area contributed by atoms with Gasteiger partial charge in [-0.05, 0) is 25.0 Å². The summed E-state index contributed by atoms with van der Waals surface area (Å²) in [4.78, 5) is 52.1. The third-order valence-electron chi connectivity index (χ3n) is 6.04. The van der Waals surface area contributed by atoms with E-state index in [4.69, 9.17) is 10.5 Å². The molecule has 0 radical (unpaired) electrons. The van der Waals surface area contributed by atoms with Crippen LogP contribution < -0.4 is 16.4 Å². The van der Waals surface area contributed by atoms with Gasteiger partial charge >= 0.3 is 5.97 Å². The summed E-state index contributed by atoms with van der Waals surface area (Å²) in [5.74, 6) is -1.77. The lowest BCUT2D eigenvalue weighted by atomic mass is 9.91. The van der Waals surface area contributed by atoms with Crippen molar-refractivity contribution in [3.63, 3.8) is 0 Å². The maximum Gasteiger partial charge on any atom is 0.330 e. The Morgan fingerprint density at radius 1 is 1.15 bits per heavy atom. The van der Waals surface area contributed by atoms with Crippen molar-refractivity contribution >= 4 is 36.0 Å². The quantitative estimate of drug-likeness (QED) is 0.222. The van der Waals surface area contributed by atoms with Gasteiger partial charge in [-0.3, -0.25) is 14.4 Å². The lowest BCUT2D eigenvalue weighted by Gasteiger charge is -2.52. The highest BCUT2D eigenvalue weighted by Gasteiger charge is 2.72. The first-order chi connectivity index (χ1) is 16.2. The molecule has 2 aromatic carbocycles. The Labute approximate surface area is 201 Å². The number of β-lactam (4-membered cyclic amide) rings is 1. The van der Waals surface area contributed by atoms with E-state index < -0.39 is 45.7 Å². The maximum absolute atomic E-state index is 13.4. The number of carbonyl (C=O) groups is 4. The number of rotatable bonds is 8. The Hall–Kier alpha value is -3.37. The van der Waals surface area contributed by atoms with Crippen molar-refractivity contribution in [1.29, 1.82) is 0 Å². The van der Waals surface area contributed by atoms with Crippen molar-refractivity contribution in [1.82, 2.24) is 15.5 Å². The Bertz CT molecular complexity index is 1100. The fraction of sp³-hybridized carbons (Fsp3) is 0.333. The number of esters is 1. The number of fused-ring (bicyclic) bond motifs is 1. The van der Waals surface area contributed by atoms with Gasteiger partial charge in [0.05, 0.1) is 0 Å². The third-order valence-corrected chi connectivity index (χ3v) is 7.68. The van der Waals surface area contributed by atoms with Crippen LogP contribution in [0.5, 0.6) is 0 Å².